The van der Waals surface area contributed by atoms with E-state index in [0.717, 1.165) is 11.3 Å². The van der Waals surface area contributed by atoms with Crippen LogP contribution in [0.25, 0.3) is 22.7 Å². The van der Waals surface area contributed by atoms with Crippen LogP contribution in [0.5, 0.6) is 0 Å². The Hall–Kier alpha value is -1.78. The Kier molecular flexibility index (Phi) is 5.36. The van der Waals surface area contributed by atoms with Crippen LogP contribution in [0.3, 0.4) is 0 Å². The lowest BCUT2D eigenvalue weighted by molar-refractivity contribution is 0.619. The van der Waals surface area contributed by atoms with Gasteiger partial charge in [-0.1, -0.05) is 6.07 Å². The first kappa shape index (κ1) is 16.3. The fourth-order valence-electron chi connectivity index (χ4n) is 1.81. The predicted molar refractivity (Wildman–Crippen MR) is 86.1 cm³/mol. The molecule has 0 aliphatic heterocycles. The molecular weight excluding hydrogens is 297 g/mol. The third-order valence-corrected chi connectivity index (χ3v) is 2.77. The van der Waals surface area contributed by atoms with Crippen LogP contribution in [0.4, 0.5) is 5.69 Å². The van der Waals surface area contributed by atoms with E-state index in [4.69, 9.17) is 4.42 Å². The number of fused-ring (bicyclic) bond motifs is 1. The summed E-state index contributed by atoms with van der Waals surface area (Å²) < 4.78 is 5.70. The third-order valence-electron chi connectivity index (χ3n) is 2.77. The molecule has 2 heterocycles. The summed E-state index contributed by atoms with van der Waals surface area (Å²) in [4.78, 5) is 10.6. The predicted octanol–water partition coefficient (Wildman–Crippen LogP) is 3.80. The summed E-state index contributed by atoms with van der Waals surface area (Å²) in [6.45, 7) is 0. The van der Waals surface area contributed by atoms with E-state index in [9.17, 15) is 0 Å². The number of aromatic nitrogens is 2. The van der Waals surface area contributed by atoms with E-state index in [0.29, 0.717) is 17.1 Å². The second-order valence-corrected chi connectivity index (χ2v) is 4.29. The third kappa shape index (κ3) is 3.03. The van der Waals surface area contributed by atoms with Crippen LogP contribution in [-0.4, -0.2) is 24.1 Å². The number of nitrogens with zero attached hydrogens (tertiary/aromatic N) is 3. The van der Waals surface area contributed by atoms with E-state index in [2.05, 4.69) is 9.97 Å². The zero-order valence-corrected chi connectivity index (χ0v) is 12.7. The topological polar surface area (TPSA) is 42.2 Å². The first-order valence-corrected chi connectivity index (χ1v) is 5.73. The Morgan fingerprint density at radius 1 is 1.05 bits per heavy atom. The molecule has 0 atom stereocenters. The second-order valence-electron chi connectivity index (χ2n) is 4.29. The SMILES string of the molecule is CN(C)c1cccc(-c2nc3ncccc3o2)c1.Cl.Cl. The number of halogens is 2. The van der Waals surface area contributed by atoms with Gasteiger partial charge in [-0.2, -0.15) is 4.98 Å². The summed E-state index contributed by atoms with van der Waals surface area (Å²) in [5, 5.41) is 0. The summed E-state index contributed by atoms with van der Waals surface area (Å²) in [6.07, 6.45) is 1.71. The van der Waals surface area contributed by atoms with Gasteiger partial charge in [0, 0.05) is 31.5 Å². The number of pyridine rings is 1. The number of rotatable bonds is 2. The molecule has 3 aromatic rings. The molecule has 0 aliphatic rings. The molecule has 0 unspecified atom stereocenters. The van der Waals surface area contributed by atoms with E-state index >= 15 is 0 Å². The van der Waals surface area contributed by atoms with Crippen LogP contribution < -0.4 is 4.90 Å². The highest BCUT2D eigenvalue weighted by Gasteiger charge is 2.09. The van der Waals surface area contributed by atoms with Crippen LogP contribution in [0.2, 0.25) is 0 Å². The number of oxazole rings is 1. The van der Waals surface area contributed by atoms with E-state index < -0.39 is 0 Å². The van der Waals surface area contributed by atoms with Gasteiger partial charge in [0.25, 0.3) is 0 Å². The van der Waals surface area contributed by atoms with Crippen molar-refractivity contribution in [3.05, 3.63) is 42.6 Å². The number of anilines is 1. The molecular formula is C14H15Cl2N3O. The molecule has 6 heteroatoms. The van der Waals surface area contributed by atoms with Crippen LogP contribution in [0, 0.1) is 0 Å². The summed E-state index contributed by atoms with van der Waals surface area (Å²) in [5.41, 5.74) is 3.42. The lowest BCUT2D eigenvalue weighted by Gasteiger charge is -2.12. The van der Waals surface area contributed by atoms with Gasteiger partial charge in [0.05, 0.1) is 0 Å². The summed E-state index contributed by atoms with van der Waals surface area (Å²) in [6, 6.07) is 11.8. The van der Waals surface area contributed by atoms with Crippen molar-refractivity contribution in [3.63, 3.8) is 0 Å². The molecule has 4 nitrogen and oxygen atoms in total. The highest BCUT2D eigenvalue weighted by atomic mass is 35.5. The minimum Gasteiger partial charge on any atom is -0.434 e. The quantitative estimate of drug-likeness (QED) is 0.722. The van der Waals surface area contributed by atoms with Gasteiger partial charge in [-0.15, -0.1) is 24.8 Å². The first-order chi connectivity index (χ1) is 8.74. The fraction of sp³-hybridized carbons (Fsp3) is 0.143. The van der Waals surface area contributed by atoms with E-state index in [1.807, 2.05) is 55.4 Å². The minimum absolute atomic E-state index is 0. The largest absolute Gasteiger partial charge is 0.434 e. The van der Waals surface area contributed by atoms with E-state index in [-0.39, 0.29) is 24.8 Å². The van der Waals surface area contributed by atoms with Gasteiger partial charge in [-0.25, -0.2) is 4.98 Å². The van der Waals surface area contributed by atoms with Crippen LogP contribution in [-0.2, 0) is 0 Å². The lowest BCUT2D eigenvalue weighted by atomic mass is 10.2. The summed E-state index contributed by atoms with van der Waals surface area (Å²) >= 11 is 0. The van der Waals surface area contributed by atoms with Crippen molar-refractivity contribution in [1.29, 1.82) is 0 Å². The zero-order valence-electron chi connectivity index (χ0n) is 11.1. The number of hydrogen-bond acceptors (Lipinski definition) is 4. The van der Waals surface area contributed by atoms with E-state index in [1.165, 1.54) is 0 Å². The lowest BCUT2D eigenvalue weighted by Crippen LogP contribution is -2.08. The van der Waals surface area contributed by atoms with Crippen molar-refractivity contribution in [3.8, 4) is 11.5 Å². The normalized spacial score (nSPS) is 9.70. The maximum Gasteiger partial charge on any atom is 0.228 e. The first-order valence-electron chi connectivity index (χ1n) is 5.73. The van der Waals surface area contributed by atoms with Gasteiger partial charge in [0.15, 0.2) is 11.2 Å². The van der Waals surface area contributed by atoms with Crippen LogP contribution in [0.1, 0.15) is 0 Å². The fourth-order valence-corrected chi connectivity index (χ4v) is 1.81. The van der Waals surface area contributed by atoms with E-state index in [1.54, 1.807) is 6.20 Å². The maximum atomic E-state index is 5.70. The molecule has 0 bridgehead atoms. The van der Waals surface area contributed by atoms with Crippen molar-refractivity contribution >= 4 is 41.7 Å². The Morgan fingerprint density at radius 2 is 1.85 bits per heavy atom. The average molecular weight is 312 g/mol. The van der Waals surface area contributed by atoms with Crippen molar-refractivity contribution in [1.82, 2.24) is 9.97 Å². The smallest absolute Gasteiger partial charge is 0.228 e. The Balaban J connectivity index is 0.000001000. The van der Waals surface area contributed by atoms with Gasteiger partial charge < -0.3 is 9.32 Å². The standard InChI is InChI=1S/C14H13N3O.2ClH/c1-17(2)11-6-3-5-10(9-11)14-16-13-12(18-14)7-4-8-15-13;;/h3-9H,1-2H3;2*1H. The van der Waals surface area contributed by atoms with Gasteiger partial charge in [0.2, 0.25) is 5.89 Å². The molecule has 0 saturated heterocycles. The van der Waals surface area contributed by atoms with Gasteiger partial charge >= 0.3 is 0 Å². The van der Waals surface area contributed by atoms with Gasteiger partial charge in [-0.05, 0) is 30.3 Å². The van der Waals surface area contributed by atoms with Crippen molar-refractivity contribution < 1.29 is 4.42 Å². The Morgan fingerprint density at radius 3 is 2.55 bits per heavy atom. The number of hydrogen-bond donors (Lipinski definition) is 0. The maximum absolute atomic E-state index is 5.70. The summed E-state index contributed by atoms with van der Waals surface area (Å²) in [7, 11) is 4.01. The van der Waals surface area contributed by atoms with Crippen LogP contribution >= 0.6 is 24.8 Å². The molecule has 20 heavy (non-hydrogen) atoms. The Labute approximate surface area is 129 Å². The molecule has 2 aromatic heterocycles. The summed E-state index contributed by atoms with van der Waals surface area (Å²) in [5.74, 6) is 0.604. The number of benzene rings is 1. The molecule has 0 fully saturated rings. The monoisotopic (exact) mass is 311 g/mol. The van der Waals surface area contributed by atoms with Crippen molar-refractivity contribution in [2.75, 3.05) is 19.0 Å². The van der Waals surface area contributed by atoms with Crippen molar-refractivity contribution in [2.24, 2.45) is 0 Å². The molecule has 0 amide bonds. The van der Waals surface area contributed by atoms with Crippen molar-refractivity contribution in [2.45, 2.75) is 0 Å². The molecule has 1 aromatic carbocycles. The molecule has 3 rings (SSSR count). The highest BCUT2D eigenvalue weighted by Crippen LogP contribution is 2.25. The molecule has 0 radical (unpaired) electrons. The second kappa shape index (κ2) is 6.59. The molecule has 106 valence electrons. The molecule has 0 aliphatic carbocycles. The molecule has 0 saturated carbocycles. The van der Waals surface area contributed by atoms with Gasteiger partial charge in [0.1, 0.15) is 0 Å². The minimum atomic E-state index is 0. The van der Waals surface area contributed by atoms with Gasteiger partial charge in [-0.3, -0.25) is 0 Å². The van der Waals surface area contributed by atoms with Crippen LogP contribution in [0.15, 0.2) is 47.0 Å². The highest BCUT2D eigenvalue weighted by molar-refractivity contribution is 5.85. The average Bonchev–Trinajstić information content (AvgIpc) is 2.82. The molecule has 0 N–H and O–H groups in total. The Bertz CT molecular complexity index is 664. The molecule has 0 spiro atoms. The zero-order chi connectivity index (χ0) is 12.5.